The Morgan fingerprint density at radius 1 is 1.21 bits per heavy atom. The third-order valence-electron chi connectivity index (χ3n) is 4.04. The van der Waals surface area contributed by atoms with Crippen molar-refractivity contribution in [2.75, 3.05) is 18.4 Å². The molecule has 2 aromatic carbocycles. The van der Waals surface area contributed by atoms with Crippen molar-refractivity contribution in [2.24, 2.45) is 0 Å². The van der Waals surface area contributed by atoms with Gasteiger partial charge in [0.15, 0.2) is 6.10 Å². The molecule has 28 heavy (non-hydrogen) atoms. The number of halogens is 3. The molecule has 1 atom stereocenters. The van der Waals surface area contributed by atoms with Crippen LogP contribution in [0.3, 0.4) is 0 Å². The summed E-state index contributed by atoms with van der Waals surface area (Å²) in [5.41, 5.74) is 0.222. The molecule has 2 rings (SSSR count). The molecule has 8 heteroatoms. The van der Waals surface area contributed by atoms with Gasteiger partial charge < -0.3 is 15.0 Å². The van der Waals surface area contributed by atoms with Crippen molar-refractivity contribution in [3.63, 3.8) is 0 Å². The van der Waals surface area contributed by atoms with Gasteiger partial charge in [-0.15, -0.1) is 0 Å². The van der Waals surface area contributed by atoms with E-state index >= 15 is 0 Å². The fraction of sp³-hybridized carbons (Fsp3) is 0.300. The molecule has 0 heterocycles. The van der Waals surface area contributed by atoms with Gasteiger partial charge in [0, 0.05) is 11.6 Å². The quantitative estimate of drug-likeness (QED) is 0.744. The fourth-order valence-electron chi connectivity index (χ4n) is 2.56. The van der Waals surface area contributed by atoms with Gasteiger partial charge in [-0.05, 0) is 56.7 Å². The van der Waals surface area contributed by atoms with Crippen LogP contribution in [0.15, 0.2) is 36.4 Å². The summed E-state index contributed by atoms with van der Waals surface area (Å²) in [7, 11) is 0. The second-order valence-corrected chi connectivity index (χ2v) is 6.60. The average Bonchev–Trinajstić information content (AvgIpc) is 2.64. The Hall–Kier alpha value is -2.67. The third-order valence-corrected chi connectivity index (χ3v) is 4.28. The lowest BCUT2D eigenvalue weighted by Crippen LogP contribution is -2.44. The topological polar surface area (TPSA) is 58.6 Å². The maximum absolute atomic E-state index is 13.7. The highest BCUT2D eigenvalue weighted by Gasteiger charge is 2.24. The third kappa shape index (κ3) is 5.42. The Balaban J connectivity index is 2.03. The van der Waals surface area contributed by atoms with Gasteiger partial charge in [0.05, 0.1) is 6.54 Å². The number of benzene rings is 2. The summed E-state index contributed by atoms with van der Waals surface area (Å²) in [4.78, 5) is 26.0. The lowest BCUT2D eigenvalue weighted by Gasteiger charge is -2.25. The smallest absolute Gasteiger partial charge is 0.263 e. The predicted molar refractivity (Wildman–Crippen MR) is 104 cm³/mol. The van der Waals surface area contributed by atoms with E-state index in [0.29, 0.717) is 10.8 Å². The first-order chi connectivity index (χ1) is 13.2. The van der Waals surface area contributed by atoms with Gasteiger partial charge in [-0.1, -0.05) is 17.7 Å². The van der Waals surface area contributed by atoms with Gasteiger partial charge in [-0.25, -0.2) is 8.78 Å². The summed E-state index contributed by atoms with van der Waals surface area (Å²) in [5, 5.41) is 2.72. The summed E-state index contributed by atoms with van der Waals surface area (Å²) in [5.74, 6) is -2.43. The van der Waals surface area contributed by atoms with Crippen molar-refractivity contribution in [3.8, 4) is 5.75 Å². The number of hydrogen-bond acceptors (Lipinski definition) is 3. The number of amides is 2. The molecule has 0 spiro atoms. The molecule has 1 N–H and O–H groups in total. The van der Waals surface area contributed by atoms with E-state index in [1.54, 1.807) is 39.0 Å². The number of carbonyl (C=O) groups excluding carboxylic acids is 2. The summed E-state index contributed by atoms with van der Waals surface area (Å²) < 4.78 is 33.0. The van der Waals surface area contributed by atoms with E-state index in [1.807, 2.05) is 0 Å². The zero-order valence-electron chi connectivity index (χ0n) is 15.8. The highest BCUT2D eigenvalue weighted by molar-refractivity contribution is 6.30. The van der Waals surface area contributed by atoms with Crippen molar-refractivity contribution in [3.05, 3.63) is 58.6 Å². The second-order valence-electron chi connectivity index (χ2n) is 6.17. The summed E-state index contributed by atoms with van der Waals surface area (Å²) >= 11 is 5.91. The Morgan fingerprint density at radius 2 is 1.86 bits per heavy atom. The number of anilines is 1. The van der Waals surface area contributed by atoms with Crippen molar-refractivity contribution in [1.29, 1.82) is 0 Å². The Bertz CT molecular complexity index is 856. The fourth-order valence-corrected chi connectivity index (χ4v) is 2.78. The summed E-state index contributed by atoms with van der Waals surface area (Å²) in [6, 6.07) is 8.28. The molecule has 0 bridgehead atoms. The zero-order chi connectivity index (χ0) is 20.8. The number of likely N-dealkylation sites (N-methyl/N-ethyl adjacent to an activating group) is 1. The van der Waals surface area contributed by atoms with Gasteiger partial charge >= 0.3 is 0 Å². The van der Waals surface area contributed by atoms with Gasteiger partial charge in [0.25, 0.3) is 5.91 Å². The van der Waals surface area contributed by atoms with Gasteiger partial charge in [-0.3, -0.25) is 9.59 Å². The molecular formula is C20H21ClF2N2O3. The first kappa shape index (κ1) is 21.6. The number of para-hydroxylation sites is 1. The molecule has 2 aromatic rings. The molecule has 1 unspecified atom stereocenters. The molecule has 2 amide bonds. The molecule has 0 aromatic heterocycles. The number of ether oxygens (including phenoxy) is 1. The monoisotopic (exact) mass is 410 g/mol. The first-order valence-corrected chi connectivity index (χ1v) is 9.06. The molecule has 0 radical (unpaired) electrons. The number of rotatable bonds is 7. The summed E-state index contributed by atoms with van der Waals surface area (Å²) in [6.45, 7) is 4.91. The van der Waals surface area contributed by atoms with Crippen LogP contribution in [0.25, 0.3) is 0 Å². The highest BCUT2D eigenvalue weighted by atomic mass is 35.5. The van der Waals surface area contributed by atoms with E-state index in [9.17, 15) is 18.4 Å². The predicted octanol–water partition coefficient (Wildman–Crippen LogP) is 4.18. The molecule has 0 saturated heterocycles. The average molecular weight is 411 g/mol. The maximum atomic E-state index is 13.7. The molecule has 150 valence electrons. The van der Waals surface area contributed by atoms with Crippen molar-refractivity contribution in [1.82, 2.24) is 4.90 Å². The molecule has 0 saturated carbocycles. The van der Waals surface area contributed by atoms with Crippen LogP contribution in [0.5, 0.6) is 5.75 Å². The van der Waals surface area contributed by atoms with E-state index in [0.717, 1.165) is 17.7 Å². The van der Waals surface area contributed by atoms with E-state index in [1.165, 1.54) is 11.0 Å². The standard InChI is InChI=1S/C20H21ClF2N2O3/c1-4-25(11-18(26)24-19-15(22)6-5-7-16(19)23)20(27)13(3)28-17-9-8-14(21)10-12(17)2/h5-10,13H,4,11H2,1-3H3,(H,24,26). The van der Waals surface area contributed by atoms with E-state index in [2.05, 4.69) is 5.32 Å². The van der Waals surface area contributed by atoms with Crippen LogP contribution in [0, 0.1) is 18.6 Å². The second kappa shape index (κ2) is 9.50. The minimum Gasteiger partial charge on any atom is -0.481 e. The lowest BCUT2D eigenvalue weighted by atomic mass is 10.2. The molecule has 0 aliphatic heterocycles. The molecule has 5 nitrogen and oxygen atoms in total. The number of hydrogen-bond donors (Lipinski definition) is 1. The van der Waals surface area contributed by atoms with Crippen LogP contribution in [0.1, 0.15) is 19.4 Å². The highest BCUT2D eigenvalue weighted by Crippen LogP contribution is 2.23. The van der Waals surface area contributed by atoms with E-state index < -0.39 is 35.2 Å². The minimum atomic E-state index is -0.891. The Morgan fingerprint density at radius 3 is 2.43 bits per heavy atom. The molecule has 0 aliphatic rings. The SMILES string of the molecule is CCN(CC(=O)Nc1c(F)cccc1F)C(=O)C(C)Oc1ccc(Cl)cc1C. The van der Waals surface area contributed by atoms with Crippen LogP contribution in [0.2, 0.25) is 5.02 Å². The number of nitrogens with zero attached hydrogens (tertiary/aromatic N) is 1. The molecular weight excluding hydrogens is 390 g/mol. The number of aryl methyl sites for hydroxylation is 1. The van der Waals surface area contributed by atoms with Crippen molar-refractivity contribution in [2.45, 2.75) is 26.9 Å². The van der Waals surface area contributed by atoms with Crippen LogP contribution < -0.4 is 10.1 Å². The first-order valence-electron chi connectivity index (χ1n) is 8.68. The molecule has 0 aliphatic carbocycles. The zero-order valence-corrected chi connectivity index (χ0v) is 16.5. The maximum Gasteiger partial charge on any atom is 0.263 e. The van der Waals surface area contributed by atoms with Crippen LogP contribution >= 0.6 is 11.6 Å². The van der Waals surface area contributed by atoms with Crippen molar-refractivity contribution < 1.29 is 23.1 Å². The normalized spacial score (nSPS) is 11.6. The van der Waals surface area contributed by atoms with Gasteiger partial charge in [-0.2, -0.15) is 0 Å². The summed E-state index contributed by atoms with van der Waals surface area (Å²) in [6.07, 6.45) is -0.863. The minimum absolute atomic E-state index is 0.222. The van der Waals surface area contributed by atoms with Crippen LogP contribution in [0.4, 0.5) is 14.5 Å². The van der Waals surface area contributed by atoms with E-state index in [-0.39, 0.29) is 13.1 Å². The number of nitrogens with one attached hydrogen (secondary N) is 1. The lowest BCUT2D eigenvalue weighted by molar-refractivity contribution is -0.140. The van der Waals surface area contributed by atoms with E-state index in [4.69, 9.17) is 16.3 Å². The van der Waals surface area contributed by atoms with Gasteiger partial charge in [0.2, 0.25) is 5.91 Å². The van der Waals surface area contributed by atoms with Crippen LogP contribution in [-0.2, 0) is 9.59 Å². The van der Waals surface area contributed by atoms with Crippen LogP contribution in [-0.4, -0.2) is 35.9 Å². The van der Waals surface area contributed by atoms with Crippen molar-refractivity contribution >= 4 is 29.1 Å². The Kier molecular flexibility index (Phi) is 7.34. The Labute approximate surface area is 167 Å². The largest absolute Gasteiger partial charge is 0.481 e. The molecule has 0 fully saturated rings. The number of carbonyl (C=O) groups is 2. The van der Waals surface area contributed by atoms with Gasteiger partial charge in [0.1, 0.15) is 23.1 Å².